The lowest BCUT2D eigenvalue weighted by Gasteiger charge is -2.12. The van der Waals surface area contributed by atoms with Gasteiger partial charge in [0.2, 0.25) is 0 Å². The van der Waals surface area contributed by atoms with E-state index in [1.165, 1.54) is 0 Å². The Labute approximate surface area is 74.3 Å². The molecule has 2 rings (SSSR count). The maximum Gasteiger partial charge on any atom is 0.295 e. The number of amides is 1. The number of hydrogen-bond acceptors (Lipinski definition) is 5. The van der Waals surface area contributed by atoms with Gasteiger partial charge in [0.05, 0.1) is 0 Å². The minimum absolute atomic E-state index is 0.0795. The molecule has 0 saturated carbocycles. The normalized spacial score (nSPS) is 22.2. The fraction of sp³-hybridized carbons (Fsp3) is 0.667. The van der Waals surface area contributed by atoms with Crippen molar-refractivity contribution >= 4 is 5.91 Å². The quantitative estimate of drug-likeness (QED) is 0.543. The second kappa shape index (κ2) is 3.09. The van der Waals surface area contributed by atoms with Crippen molar-refractivity contribution in [3.05, 3.63) is 5.82 Å². The number of aromatic nitrogens is 4. The first-order valence-electron chi connectivity index (χ1n) is 4.05. The van der Waals surface area contributed by atoms with E-state index in [1.807, 2.05) is 0 Å². The number of H-pyrrole nitrogens is 1. The summed E-state index contributed by atoms with van der Waals surface area (Å²) >= 11 is 0. The van der Waals surface area contributed by atoms with Crippen LogP contribution in [0.3, 0.4) is 0 Å². The van der Waals surface area contributed by atoms with Crippen LogP contribution in [0.2, 0.25) is 0 Å². The smallest absolute Gasteiger partial charge is 0.295 e. The average Bonchev–Trinajstić information content (AvgIpc) is 2.72. The summed E-state index contributed by atoms with van der Waals surface area (Å²) in [6, 6.07) is 0.0795. The van der Waals surface area contributed by atoms with Crippen LogP contribution in [-0.2, 0) is 0 Å². The molecule has 0 aliphatic carbocycles. The summed E-state index contributed by atoms with van der Waals surface area (Å²) < 4.78 is 0. The van der Waals surface area contributed by atoms with Crippen LogP contribution in [0.25, 0.3) is 0 Å². The molecule has 1 aromatic heterocycles. The van der Waals surface area contributed by atoms with Crippen molar-refractivity contribution in [1.82, 2.24) is 25.5 Å². The molecular formula is C6H10N6O. The van der Waals surface area contributed by atoms with Gasteiger partial charge in [-0.2, -0.15) is 5.21 Å². The molecule has 13 heavy (non-hydrogen) atoms. The van der Waals surface area contributed by atoms with Crippen molar-refractivity contribution in [2.24, 2.45) is 5.73 Å². The number of rotatable bonds is 1. The Hall–Kier alpha value is -1.50. The molecule has 1 unspecified atom stereocenters. The van der Waals surface area contributed by atoms with Gasteiger partial charge in [0.25, 0.3) is 11.7 Å². The highest BCUT2D eigenvalue weighted by Crippen LogP contribution is 2.08. The third-order valence-corrected chi connectivity index (χ3v) is 2.05. The fourth-order valence-corrected chi connectivity index (χ4v) is 1.37. The molecule has 1 aromatic rings. The summed E-state index contributed by atoms with van der Waals surface area (Å²) in [5.41, 5.74) is 5.66. The predicted octanol–water partition coefficient (Wildman–Crippen LogP) is -1.63. The number of tetrazole rings is 1. The van der Waals surface area contributed by atoms with Crippen molar-refractivity contribution in [3.8, 4) is 0 Å². The molecule has 70 valence electrons. The molecule has 0 aromatic carbocycles. The minimum atomic E-state index is -0.207. The van der Waals surface area contributed by atoms with E-state index in [0.29, 0.717) is 13.1 Å². The lowest BCUT2D eigenvalue weighted by atomic mass is 10.3. The SMILES string of the molecule is NC1CCN(C(=O)c2nn[nH]n2)C1. The van der Waals surface area contributed by atoms with Crippen LogP contribution in [0.15, 0.2) is 0 Å². The molecule has 0 bridgehead atoms. The van der Waals surface area contributed by atoms with E-state index >= 15 is 0 Å². The second-order valence-corrected chi connectivity index (χ2v) is 3.04. The van der Waals surface area contributed by atoms with Crippen molar-refractivity contribution in [2.75, 3.05) is 13.1 Å². The Morgan fingerprint density at radius 2 is 2.54 bits per heavy atom. The number of nitrogens with one attached hydrogen (secondary N) is 1. The van der Waals surface area contributed by atoms with Crippen molar-refractivity contribution in [1.29, 1.82) is 0 Å². The molecule has 1 atom stereocenters. The summed E-state index contributed by atoms with van der Waals surface area (Å²) in [5.74, 6) is -0.101. The molecule has 7 heteroatoms. The first-order chi connectivity index (χ1) is 6.27. The molecule has 7 nitrogen and oxygen atoms in total. The highest BCUT2D eigenvalue weighted by molar-refractivity contribution is 5.90. The van der Waals surface area contributed by atoms with Crippen LogP contribution in [0.4, 0.5) is 0 Å². The lowest BCUT2D eigenvalue weighted by molar-refractivity contribution is 0.0779. The van der Waals surface area contributed by atoms with Gasteiger partial charge in [0, 0.05) is 19.1 Å². The lowest BCUT2D eigenvalue weighted by Crippen LogP contribution is -2.32. The molecule has 1 amide bonds. The Morgan fingerprint density at radius 1 is 1.69 bits per heavy atom. The van der Waals surface area contributed by atoms with Crippen LogP contribution >= 0.6 is 0 Å². The molecule has 1 fully saturated rings. The van der Waals surface area contributed by atoms with Crippen LogP contribution < -0.4 is 5.73 Å². The van der Waals surface area contributed by atoms with Gasteiger partial charge < -0.3 is 10.6 Å². The zero-order chi connectivity index (χ0) is 9.26. The summed E-state index contributed by atoms with van der Waals surface area (Å²) in [6.07, 6.45) is 0.837. The summed E-state index contributed by atoms with van der Waals surface area (Å²) in [7, 11) is 0. The fourth-order valence-electron chi connectivity index (χ4n) is 1.37. The van der Waals surface area contributed by atoms with E-state index in [0.717, 1.165) is 6.42 Å². The highest BCUT2D eigenvalue weighted by Gasteiger charge is 2.26. The highest BCUT2D eigenvalue weighted by atomic mass is 16.2. The monoisotopic (exact) mass is 182 g/mol. The number of likely N-dealkylation sites (tertiary alicyclic amines) is 1. The maximum absolute atomic E-state index is 11.5. The largest absolute Gasteiger partial charge is 0.334 e. The average molecular weight is 182 g/mol. The number of nitrogens with zero attached hydrogens (tertiary/aromatic N) is 4. The number of nitrogens with two attached hydrogens (primary N) is 1. The first kappa shape index (κ1) is 8.11. The molecule has 1 aliphatic rings. The van der Waals surface area contributed by atoms with E-state index in [1.54, 1.807) is 4.90 Å². The van der Waals surface area contributed by atoms with Gasteiger partial charge in [0.1, 0.15) is 0 Å². The molecule has 0 spiro atoms. The zero-order valence-electron chi connectivity index (χ0n) is 6.97. The molecule has 1 saturated heterocycles. The summed E-state index contributed by atoms with van der Waals surface area (Å²) in [5, 5.41) is 12.8. The number of hydrogen-bond donors (Lipinski definition) is 2. The van der Waals surface area contributed by atoms with Crippen molar-refractivity contribution in [3.63, 3.8) is 0 Å². The molecular weight excluding hydrogens is 172 g/mol. The standard InChI is InChI=1S/C6H10N6O/c7-4-1-2-12(3-4)6(13)5-8-10-11-9-5/h4H,1-3,7H2,(H,8,9,10,11). The Morgan fingerprint density at radius 3 is 3.08 bits per heavy atom. The van der Waals surface area contributed by atoms with Crippen LogP contribution in [0.5, 0.6) is 0 Å². The van der Waals surface area contributed by atoms with E-state index in [9.17, 15) is 4.79 Å². The van der Waals surface area contributed by atoms with Crippen LogP contribution in [0.1, 0.15) is 17.0 Å². The van der Waals surface area contributed by atoms with E-state index in [4.69, 9.17) is 5.73 Å². The molecule has 0 radical (unpaired) electrons. The number of carbonyl (C=O) groups excluding carboxylic acids is 1. The first-order valence-corrected chi connectivity index (χ1v) is 4.05. The maximum atomic E-state index is 11.5. The van der Waals surface area contributed by atoms with Gasteiger partial charge in [0.15, 0.2) is 0 Å². The van der Waals surface area contributed by atoms with Gasteiger partial charge >= 0.3 is 0 Å². The summed E-state index contributed by atoms with van der Waals surface area (Å²) in [4.78, 5) is 13.2. The number of carbonyl (C=O) groups is 1. The molecule has 1 aliphatic heterocycles. The Kier molecular flexibility index (Phi) is 1.93. The van der Waals surface area contributed by atoms with Gasteiger partial charge in [-0.15, -0.1) is 10.2 Å². The van der Waals surface area contributed by atoms with Gasteiger partial charge in [-0.3, -0.25) is 4.79 Å². The van der Waals surface area contributed by atoms with Gasteiger partial charge in [-0.05, 0) is 11.6 Å². The van der Waals surface area contributed by atoms with E-state index < -0.39 is 0 Å². The number of aromatic amines is 1. The second-order valence-electron chi connectivity index (χ2n) is 3.04. The van der Waals surface area contributed by atoms with E-state index in [-0.39, 0.29) is 17.8 Å². The van der Waals surface area contributed by atoms with Crippen LogP contribution in [-0.4, -0.2) is 50.6 Å². The Bertz CT molecular complexity index is 296. The topological polar surface area (TPSA) is 101 Å². The third kappa shape index (κ3) is 1.50. The third-order valence-electron chi connectivity index (χ3n) is 2.05. The van der Waals surface area contributed by atoms with Crippen molar-refractivity contribution in [2.45, 2.75) is 12.5 Å². The van der Waals surface area contributed by atoms with E-state index in [2.05, 4.69) is 20.6 Å². The van der Waals surface area contributed by atoms with Crippen molar-refractivity contribution < 1.29 is 4.79 Å². The van der Waals surface area contributed by atoms with Crippen LogP contribution in [0, 0.1) is 0 Å². The van der Waals surface area contributed by atoms with Gasteiger partial charge in [-0.1, -0.05) is 0 Å². The Balaban J connectivity index is 2.06. The van der Waals surface area contributed by atoms with Gasteiger partial charge in [-0.25, -0.2) is 0 Å². The molecule has 2 heterocycles. The summed E-state index contributed by atoms with van der Waals surface area (Å²) in [6.45, 7) is 1.25. The molecule has 3 N–H and O–H groups in total. The minimum Gasteiger partial charge on any atom is -0.334 e. The zero-order valence-corrected chi connectivity index (χ0v) is 6.97. The predicted molar refractivity (Wildman–Crippen MR) is 42.7 cm³/mol.